The fourth-order valence-corrected chi connectivity index (χ4v) is 3.49. The zero-order valence-electron chi connectivity index (χ0n) is 13.1. The minimum Gasteiger partial charge on any atom is -0.480 e. The van der Waals surface area contributed by atoms with E-state index in [1.54, 1.807) is 0 Å². The number of para-hydroxylation sites is 1. The summed E-state index contributed by atoms with van der Waals surface area (Å²) >= 11 is 0. The normalized spacial score (nSPS) is 24.9. The van der Waals surface area contributed by atoms with Crippen LogP contribution in [0.15, 0.2) is 30.3 Å². The molecule has 4 heteroatoms. The lowest BCUT2D eigenvalue weighted by molar-refractivity contribution is -0.136. The summed E-state index contributed by atoms with van der Waals surface area (Å²) in [5.74, 6) is 0.116. The standard InChI is InChI=1S/C18H26N2O2/c21-18(22)12-19-15-8-10-17(11-9-15)20(13-14-6-7-14)16-4-2-1-3-5-16/h1-5,14-15,17,19H,6-13H2,(H,21,22). The third kappa shape index (κ3) is 4.23. The first-order valence-electron chi connectivity index (χ1n) is 8.49. The van der Waals surface area contributed by atoms with Crippen LogP contribution in [0, 0.1) is 5.92 Å². The topological polar surface area (TPSA) is 52.6 Å². The number of hydrogen-bond donors (Lipinski definition) is 2. The molecule has 0 atom stereocenters. The van der Waals surface area contributed by atoms with Crippen LogP contribution in [0.25, 0.3) is 0 Å². The lowest BCUT2D eigenvalue weighted by atomic mass is 9.89. The zero-order chi connectivity index (χ0) is 15.4. The third-order valence-corrected chi connectivity index (χ3v) is 4.92. The molecule has 0 amide bonds. The summed E-state index contributed by atoms with van der Waals surface area (Å²) in [6.45, 7) is 1.27. The minimum absolute atomic E-state index is 0.0831. The smallest absolute Gasteiger partial charge is 0.317 e. The molecular formula is C18H26N2O2. The van der Waals surface area contributed by atoms with Crippen LogP contribution in [-0.2, 0) is 4.79 Å². The Hall–Kier alpha value is -1.55. The van der Waals surface area contributed by atoms with Gasteiger partial charge in [0.1, 0.15) is 0 Å². The number of hydrogen-bond acceptors (Lipinski definition) is 3. The first-order valence-corrected chi connectivity index (χ1v) is 8.49. The van der Waals surface area contributed by atoms with Crippen LogP contribution in [-0.4, -0.2) is 36.2 Å². The average Bonchev–Trinajstić information content (AvgIpc) is 3.36. The summed E-state index contributed by atoms with van der Waals surface area (Å²) < 4.78 is 0. The van der Waals surface area contributed by atoms with Crippen molar-refractivity contribution in [2.45, 2.75) is 50.6 Å². The van der Waals surface area contributed by atoms with Crippen LogP contribution in [0.5, 0.6) is 0 Å². The van der Waals surface area contributed by atoms with E-state index in [1.807, 2.05) is 0 Å². The van der Waals surface area contributed by atoms with Gasteiger partial charge in [-0.25, -0.2) is 0 Å². The van der Waals surface area contributed by atoms with Gasteiger partial charge in [0.25, 0.3) is 0 Å². The van der Waals surface area contributed by atoms with E-state index in [1.165, 1.54) is 25.1 Å². The van der Waals surface area contributed by atoms with Gasteiger partial charge in [0, 0.05) is 24.3 Å². The molecule has 0 heterocycles. The van der Waals surface area contributed by atoms with E-state index >= 15 is 0 Å². The van der Waals surface area contributed by atoms with Gasteiger partial charge in [0.2, 0.25) is 0 Å². The Bertz CT molecular complexity index is 479. The summed E-state index contributed by atoms with van der Waals surface area (Å²) in [5, 5.41) is 11.9. The molecular weight excluding hydrogens is 276 g/mol. The molecule has 0 aliphatic heterocycles. The number of benzene rings is 1. The van der Waals surface area contributed by atoms with Crippen molar-refractivity contribution in [3.8, 4) is 0 Å². The van der Waals surface area contributed by atoms with Gasteiger partial charge in [-0.3, -0.25) is 4.79 Å². The molecule has 0 unspecified atom stereocenters. The average molecular weight is 302 g/mol. The van der Waals surface area contributed by atoms with Crippen molar-refractivity contribution < 1.29 is 9.90 Å². The van der Waals surface area contributed by atoms with Crippen LogP contribution < -0.4 is 10.2 Å². The Morgan fingerprint density at radius 1 is 1.09 bits per heavy atom. The molecule has 2 saturated carbocycles. The Labute approximate surface area is 132 Å². The van der Waals surface area contributed by atoms with Gasteiger partial charge >= 0.3 is 5.97 Å². The maximum Gasteiger partial charge on any atom is 0.317 e. The van der Waals surface area contributed by atoms with E-state index in [2.05, 4.69) is 40.5 Å². The third-order valence-electron chi connectivity index (χ3n) is 4.92. The van der Waals surface area contributed by atoms with Gasteiger partial charge in [-0.15, -0.1) is 0 Å². The number of nitrogens with zero attached hydrogens (tertiary/aromatic N) is 1. The summed E-state index contributed by atoms with van der Waals surface area (Å²) in [6, 6.07) is 11.7. The molecule has 0 bridgehead atoms. The predicted molar refractivity (Wildman–Crippen MR) is 88.2 cm³/mol. The van der Waals surface area contributed by atoms with E-state index in [0.717, 1.165) is 31.6 Å². The quantitative estimate of drug-likeness (QED) is 0.813. The SMILES string of the molecule is O=C(O)CNC1CCC(N(CC2CC2)c2ccccc2)CC1. The lowest BCUT2D eigenvalue weighted by Crippen LogP contribution is -2.44. The summed E-state index contributed by atoms with van der Waals surface area (Å²) in [7, 11) is 0. The minimum atomic E-state index is -0.762. The van der Waals surface area contributed by atoms with Gasteiger partial charge in [-0.2, -0.15) is 0 Å². The molecule has 0 aromatic heterocycles. The summed E-state index contributed by atoms with van der Waals surface area (Å²) in [5.41, 5.74) is 1.34. The van der Waals surface area contributed by atoms with Crippen molar-refractivity contribution >= 4 is 11.7 Å². The molecule has 1 aromatic carbocycles. The second-order valence-corrected chi connectivity index (χ2v) is 6.71. The van der Waals surface area contributed by atoms with Crippen LogP contribution in [0.3, 0.4) is 0 Å². The molecule has 2 N–H and O–H groups in total. The Kier molecular flexibility index (Phi) is 4.98. The number of anilines is 1. The number of nitrogens with one attached hydrogen (secondary N) is 1. The van der Waals surface area contributed by atoms with Crippen LogP contribution in [0.1, 0.15) is 38.5 Å². The fraction of sp³-hybridized carbons (Fsp3) is 0.611. The molecule has 120 valence electrons. The summed E-state index contributed by atoms with van der Waals surface area (Å²) in [6.07, 6.45) is 7.20. The van der Waals surface area contributed by atoms with Crippen molar-refractivity contribution in [3.05, 3.63) is 30.3 Å². The van der Waals surface area contributed by atoms with Gasteiger partial charge < -0.3 is 15.3 Å². The van der Waals surface area contributed by atoms with Crippen molar-refractivity contribution in [2.75, 3.05) is 18.0 Å². The maximum atomic E-state index is 10.7. The first-order chi connectivity index (χ1) is 10.7. The van der Waals surface area contributed by atoms with Crippen molar-refractivity contribution in [1.82, 2.24) is 5.32 Å². The van der Waals surface area contributed by atoms with E-state index in [9.17, 15) is 4.79 Å². The van der Waals surface area contributed by atoms with Gasteiger partial charge in [-0.05, 0) is 56.6 Å². The Balaban J connectivity index is 1.57. The van der Waals surface area contributed by atoms with Gasteiger partial charge in [-0.1, -0.05) is 18.2 Å². The van der Waals surface area contributed by atoms with Crippen molar-refractivity contribution in [3.63, 3.8) is 0 Å². The monoisotopic (exact) mass is 302 g/mol. The highest BCUT2D eigenvalue weighted by molar-refractivity contribution is 5.69. The number of carboxylic acids is 1. The Morgan fingerprint density at radius 3 is 2.36 bits per heavy atom. The molecule has 2 aliphatic carbocycles. The molecule has 22 heavy (non-hydrogen) atoms. The fourth-order valence-electron chi connectivity index (χ4n) is 3.49. The number of carbonyl (C=O) groups is 1. The lowest BCUT2D eigenvalue weighted by Gasteiger charge is -2.39. The highest BCUT2D eigenvalue weighted by Gasteiger charge is 2.31. The molecule has 3 rings (SSSR count). The van der Waals surface area contributed by atoms with Gasteiger partial charge in [0.05, 0.1) is 6.54 Å². The second kappa shape index (κ2) is 7.14. The summed E-state index contributed by atoms with van der Waals surface area (Å²) in [4.78, 5) is 13.3. The molecule has 1 aromatic rings. The number of rotatable bonds is 7. The van der Waals surface area contributed by atoms with Gasteiger partial charge in [0.15, 0.2) is 0 Å². The van der Waals surface area contributed by atoms with Crippen molar-refractivity contribution in [2.24, 2.45) is 5.92 Å². The predicted octanol–water partition coefficient (Wildman–Crippen LogP) is 2.89. The van der Waals surface area contributed by atoms with Crippen LogP contribution >= 0.6 is 0 Å². The zero-order valence-corrected chi connectivity index (χ0v) is 13.1. The maximum absolute atomic E-state index is 10.7. The molecule has 2 aliphatic rings. The molecule has 0 saturated heterocycles. The molecule has 0 radical (unpaired) electrons. The molecule has 4 nitrogen and oxygen atoms in total. The number of carboxylic acid groups (broad SMARTS) is 1. The molecule has 0 spiro atoms. The van der Waals surface area contributed by atoms with Crippen molar-refractivity contribution in [1.29, 1.82) is 0 Å². The second-order valence-electron chi connectivity index (χ2n) is 6.71. The largest absolute Gasteiger partial charge is 0.480 e. The molecule has 2 fully saturated rings. The van der Waals surface area contributed by atoms with Crippen LogP contribution in [0.2, 0.25) is 0 Å². The van der Waals surface area contributed by atoms with E-state index < -0.39 is 5.97 Å². The van der Waals surface area contributed by atoms with E-state index in [4.69, 9.17) is 5.11 Å². The van der Waals surface area contributed by atoms with Crippen LogP contribution in [0.4, 0.5) is 5.69 Å². The highest BCUT2D eigenvalue weighted by Crippen LogP contribution is 2.35. The Morgan fingerprint density at radius 2 is 1.77 bits per heavy atom. The number of aliphatic carboxylic acids is 1. The highest BCUT2D eigenvalue weighted by atomic mass is 16.4. The first kappa shape index (κ1) is 15.3. The van der Waals surface area contributed by atoms with E-state index in [0.29, 0.717) is 12.1 Å². The van der Waals surface area contributed by atoms with E-state index in [-0.39, 0.29) is 6.54 Å².